The highest BCUT2D eigenvalue weighted by molar-refractivity contribution is 5.80. The molecule has 1 rings (SSSR count). The minimum absolute atomic E-state index is 0.0752. The van der Waals surface area contributed by atoms with E-state index in [2.05, 4.69) is 10.1 Å². The average molecular weight is 347 g/mol. The molecule has 0 aliphatic heterocycles. The molecule has 134 valence electrons. The third-order valence-electron chi connectivity index (χ3n) is 3.74. The lowest BCUT2D eigenvalue weighted by Crippen LogP contribution is -2.51. The predicted octanol–water partition coefficient (Wildman–Crippen LogP) is 3.13. The van der Waals surface area contributed by atoms with E-state index in [-0.39, 0.29) is 24.5 Å². The summed E-state index contributed by atoms with van der Waals surface area (Å²) in [7, 11) is 0. The molecule has 1 aromatic rings. The van der Waals surface area contributed by atoms with Gasteiger partial charge in [0, 0.05) is 5.54 Å². The summed E-state index contributed by atoms with van der Waals surface area (Å²) in [5.41, 5.74) is -0.425. The Balaban J connectivity index is 2.71. The van der Waals surface area contributed by atoms with Crippen LogP contribution in [0.1, 0.15) is 32.8 Å². The lowest BCUT2D eigenvalue weighted by Gasteiger charge is -2.33. The molecule has 1 atom stereocenters. The van der Waals surface area contributed by atoms with Crippen molar-refractivity contribution < 1.29 is 32.6 Å². The first-order valence-electron chi connectivity index (χ1n) is 7.29. The molecular formula is C16H20F3NO4. The van der Waals surface area contributed by atoms with Crippen LogP contribution in [0.15, 0.2) is 24.3 Å². The summed E-state index contributed by atoms with van der Waals surface area (Å²) in [6.45, 7) is 5.24. The summed E-state index contributed by atoms with van der Waals surface area (Å²) in [6, 6.07) is 4.94. The summed E-state index contributed by atoms with van der Waals surface area (Å²) in [6.07, 6.45) is -5.07. The van der Waals surface area contributed by atoms with Crippen LogP contribution in [0.3, 0.4) is 0 Å². The molecule has 0 fully saturated rings. The van der Waals surface area contributed by atoms with Crippen molar-refractivity contribution in [1.29, 1.82) is 0 Å². The van der Waals surface area contributed by atoms with Crippen molar-refractivity contribution in [2.24, 2.45) is 5.92 Å². The van der Waals surface area contributed by atoms with Gasteiger partial charge in [0.2, 0.25) is 5.91 Å². The van der Waals surface area contributed by atoms with Crippen molar-refractivity contribution in [2.45, 2.75) is 45.5 Å². The molecule has 24 heavy (non-hydrogen) atoms. The predicted molar refractivity (Wildman–Crippen MR) is 80.5 cm³/mol. The monoisotopic (exact) mass is 347 g/mol. The molecule has 0 aromatic heterocycles. The first-order valence-corrected chi connectivity index (χ1v) is 7.29. The molecule has 1 unspecified atom stereocenters. The molecule has 8 heteroatoms. The number of carboxylic acid groups (broad SMARTS) is 1. The molecule has 1 amide bonds. The number of carbonyl (C=O) groups is 2. The van der Waals surface area contributed by atoms with Gasteiger partial charge in [0.05, 0.1) is 12.8 Å². The Hall–Kier alpha value is -2.25. The number of nitrogens with one attached hydrogen (secondary N) is 1. The van der Waals surface area contributed by atoms with Gasteiger partial charge in [-0.25, -0.2) is 0 Å². The van der Waals surface area contributed by atoms with Crippen molar-refractivity contribution in [3.05, 3.63) is 29.8 Å². The van der Waals surface area contributed by atoms with Gasteiger partial charge in [0.1, 0.15) is 5.75 Å². The molecule has 0 spiro atoms. The number of carbonyl (C=O) groups excluding carboxylic acids is 1. The molecule has 0 aliphatic rings. The van der Waals surface area contributed by atoms with Crippen LogP contribution in [-0.2, 0) is 16.0 Å². The summed E-state index contributed by atoms with van der Waals surface area (Å²) in [5, 5.41) is 11.7. The second-order valence-corrected chi connectivity index (χ2v) is 6.06. The van der Waals surface area contributed by atoms with Gasteiger partial charge >= 0.3 is 12.3 Å². The lowest BCUT2D eigenvalue weighted by atomic mass is 9.85. The molecule has 0 radical (unpaired) electrons. The summed E-state index contributed by atoms with van der Waals surface area (Å²) in [5.74, 6) is -1.92. The first kappa shape index (κ1) is 19.8. The van der Waals surface area contributed by atoms with Crippen LogP contribution in [0.25, 0.3) is 0 Å². The third-order valence-corrected chi connectivity index (χ3v) is 3.74. The van der Waals surface area contributed by atoms with Crippen LogP contribution in [0, 0.1) is 5.92 Å². The molecule has 0 heterocycles. The number of ether oxygens (including phenoxy) is 1. The van der Waals surface area contributed by atoms with Crippen LogP contribution in [-0.4, -0.2) is 28.9 Å². The van der Waals surface area contributed by atoms with E-state index >= 15 is 0 Å². The lowest BCUT2D eigenvalue weighted by molar-refractivity contribution is -0.274. The SMILES string of the molecule is CC(C)C(C)(CC(=O)O)NC(=O)Cc1ccc(OC(F)(F)F)cc1. The largest absolute Gasteiger partial charge is 0.573 e. The molecule has 0 aliphatic carbocycles. The number of halogens is 3. The van der Waals surface area contributed by atoms with E-state index in [4.69, 9.17) is 5.11 Å². The zero-order chi connectivity index (χ0) is 18.5. The van der Waals surface area contributed by atoms with Crippen molar-refractivity contribution in [2.75, 3.05) is 0 Å². The Labute approximate surface area is 137 Å². The summed E-state index contributed by atoms with van der Waals surface area (Å²) < 4.78 is 40.0. The van der Waals surface area contributed by atoms with E-state index in [1.54, 1.807) is 20.8 Å². The number of hydrogen-bond acceptors (Lipinski definition) is 3. The number of carboxylic acids is 1. The van der Waals surface area contributed by atoms with Crippen LogP contribution in [0.2, 0.25) is 0 Å². The van der Waals surface area contributed by atoms with Gasteiger partial charge in [-0.1, -0.05) is 26.0 Å². The topological polar surface area (TPSA) is 75.6 Å². The van der Waals surface area contributed by atoms with Gasteiger partial charge < -0.3 is 15.2 Å². The van der Waals surface area contributed by atoms with Gasteiger partial charge in [-0.15, -0.1) is 13.2 Å². The fraction of sp³-hybridized carbons (Fsp3) is 0.500. The van der Waals surface area contributed by atoms with Crippen LogP contribution < -0.4 is 10.1 Å². The van der Waals surface area contributed by atoms with E-state index in [9.17, 15) is 22.8 Å². The molecule has 1 aromatic carbocycles. The quantitative estimate of drug-likeness (QED) is 0.795. The zero-order valence-electron chi connectivity index (χ0n) is 13.6. The molecule has 0 bridgehead atoms. The van der Waals surface area contributed by atoms with Crippen molar-refractivity contribution in [3.8, 4) is 5.75 Å². The van der Waals surface area contributed by atoms with Gasteiger partial charge in [0.25, 0.3) is 0 Å². The zero-order valence-corrected chi connectivity index (χ0v) is 13.6. The normalized spacial score (nSPS) is 14.1. The maximum atomic E-state index is 12.1. The van der Waals surface area contributed by atoms with E-state index in [0.29, 0.717) is 5.56 Å². The number of hydrogen-bond donors (Lipinski definition) is 2. The summed E-state index contributed by atoms with van der Waals surface area (Å²) in [4.78, 5) is 23.1. The van der Waals surface area contributed by atoms with E-state index < -0.39 is 23.8 Å². The first-order chi connectivity index (χ1) is 10.9. The highest BCUT2D eigenvalue weighted by atomic mass is 19.4. The second kappa shape index (κ2) is 7.55. The van der Waals surface area contributed by atoms with E-state index in [0.717, 1.165) is 12.1 Å². The smallest absolute Gasteiger partial charge is 0.481 e. The molecule has 2 N–H and O–H groups in total. The Bertz CT molecular complexity index is 584. The van der Waals surface area contributed by atoms with Crippen LogP contribution in [0.5, 0.6) is 5.75 Å². The molecule has 5 nitrogen and oxygen atoms in total. The fourth-order valence-electron chi connectivity index (χ4n) is 2.06. The highest BCUT2D eigenvalue weighted by Gasteiger charge is 2.33. The Kier molecular flexibility index (Phi) is 6.22. The minimum Gasteiger partial charge on any atom is -0.481 e. The number of aliphatic carboxylic acids is 1. The fourth-order valence-corrected chi connectivity index (χ4v) is 2.06. The number of benzene rings is 1. The second-order valence-electron chi connectivity index (χ2n) is 6.06. The number of rotatable bonds is 7. The highest BCUT2D eigenvalue weighted by Crippen LogP contribution is 2.23. The van der Waals surface area contributed by atoms with E-state index in [1.165, 1.54) is 12.1 Å². The Morgan fingerprint density at radius 1 is 1.21 bits per heavy atom. The van der Waals surface area contributed by atoms with Gasteiger partial charge in [-0.05, 0) is 30.5 Å². The van der Waals surface area contributed by atoms with Crippen LogP contribution in [0.4, 0.5) is 13.2 Å². The summed E-state index contributed by atoms with van der Waals surface area (Å²) >= 11 is 0. The van der Waals surface area contributed by atoms with Gasteiger partial charge in [0.15, 0.2) is 0 Å². The number of amides is 1. The Morgan fingerprint density at radius 3 is 2.17 bits per heavy atom. The molecule has 0 saturated carbocycles. The maximum absolute atomic E-state index is 12.1. The van der Waals surface area contributed by atoms with Crippen molar-refractivity contribution in [3.63, 3.8) is 0 Å². The van der Waals surface area contributed by atoms with Gasteiger partial charge in [-0.3, -0.25) is 9.59 Å². The van der Waals surface area contributed by atoms with Crippen LogP contribution >= 0.6 is 0 Å². The number of alkyl halides is 3. The molecular weight excluding hydrogens is 327 g/mol. The van der Waals surface area contributed by atoms with Gasteiger partial charge in [-0.2, -0.15) is 0 Å². The van der Waals surface area contributed by atoms with E-state index in [1.807, 2.05) is 0 Å². The maximum Gasteiger partial charge on any atom is 0.573 e. The molecule has 0 saturated heterocycles. The Morgan fingerprint density at radius 2 is 1.75 bits per heavy atom. The van der Waals surface area contributed by atoms with Crippen molar-refractivity contribution >= 4 is 11.9 Å². The average Bonchev–Trinajstić information content (AvgIpc) is 2.38. The standard InChI is InChI=1S/C16H20F3NO4/c1-10(2)15(3,9-14(22)23)20-13(21)8-11-4-6-12(7-5-11)24-16(17,18)19/h4-7,10H,8-9H2,1-3H3,(H,20,21)(H,22,23). The van der Waals surface area contributed by atoms with Crippen molar-refractivity contribution in [1.82, 2.24) is 5.32 Å². The minimum atomic E-state index is -4.77. The third kappa shape index (κ3) is 6.47.